The molecule has 5 nitrogen and oxygen atoms in total. The number of ether oxygens (including phenoxy) is 1. The number of aliphatic hydroxyl groups excluding tert-OH is 2. The van der Waals surface area contributed by atoms with Crippen molar-refractivity contribution in [1.29, 1.82) is 0 Å². The molecule has 1 fully saturated rings. The van der Waals surface area contributed by atoms with Crippen molar-refractivity contribution in [3.8, 4) is 0 Å². The zero-order valence-electron chi connectivity index (χ0n) is 9.44. The highest BCUT2D eigenvalue weighted by Crippen LogP contribution is 2.36. The lowest BCUT2D eigenvalue weighted by Crippen LogP contribution is -2.37. The molecule has 0 amide bonds. The van der Waals surface area contributed by atoms with E-state index in [1.807, 2.05) is 0 Å². The molecule has 1 unspecified atom stereocenters. The van der Waals surface area contributed by atoms with Crippen LogP contribution in [0.2, 0.25) is 0 Å². The number of esters is 2. The van der Waals surface area contributed by atoms with E-state index in [9.17, 15) is 9.59 Å². The Labute approximate surface area is 94.4 Å². The van der Waals surface area contributed by atoms with Gasteiger partial charge in [0.25, 0.3) is 0 Å². The number of hydrogen-bond donors (Lipinski definition) is 2. The first-order chi connectivity index (χ1) is 7.49. The zero-order valence-corrected chi connectivity index (χ0v) is 9.44. The molecule has 0 radical (unpaired) electrons. The molecular formula is C11H18O5. The second-order valence-electron chi connectivity index (χ2n) is 4.53. The molecule has 1 saturated carbocycles. The Bertz CT molecular complexity index is 268. The Hall–Kier alpha value is -0.940. The zero-order chi connectivity index (χ0) is 12.2. The van der Waals surface area contributed by atoms with Crippen LogP contribution in [0.25, 0.3) is 0 Å². The molecular weight excluding hydrogens is 212 g/mol. The topological polar surface area (TPSA) is 83.8 Å². The van der Waals surface area contributed by atoms with E-state index >= 15 is 0 Å². The van der Waals surface area contributed by atoms with Crippen molar-refractivity contribution in [2.45, 2.75) is 45.1 Å². The van der Waals surface area contributed by atoms with Crippen LogP contribution >= 0.6 is 0 Å². The summed E-state index contributed by atoms with van der Waals surface area (Å²) < 4.78 is 4.56. The third-order valence-electron chi connectivity index (χ3n) is 3.09. The Balaban J connectivity index is 2.53. The maximum Gasteiger partial charge on any atom is 0.345 e. The van der Waals surface area contributed by atoms with Gasteiger partial charge in [0, 0.05) is 0 Å². The van der Waals surface area contributed by atoms with Crippen molar-refractivity contribution < 1.29 is 24.5 Å². The summed E-state index contributed by atoms with van der Waals surface area (Å²) in [5.74, 6) is -1.66. The van der Waals surface area contributed by atoms with Gasteiger partial charge in [-0.3, -0.25) is 4.79 Å². The normalized spacial score (nSPS) is 21.2. The molecule has 0 aromatic carbocycles. The largest absolute Gasteiger partial charge is 0.393 e. The fourth-order valence-corrected chi connectivity index (χ4v) is 1.89. The first-order valence-electron chi connectivity index (χ1n) is 5.54. The number of hydrogen-bond acceptors (Lipinski definition) is 5. The van der Waals surface area contributed by atoms with Crippen molar-refractivity contribution in [2.24, 2.45) is 5.41 Å². The van der Waals surface area contributed by atoms with Crippen molar-refractivity contribution in [3.05, 3.63) is 0 Å². The molecule has 1 rings (SSSR count). The molecule has 1 atom stereocenters. The molecule has 1 aliphatic rings. The second kappa shape index (κ2) is 5.41. The minimum atomic E-state index is -1.63. The summed E-state index contributed by atoms with van der Waals surface area (Å²) in [4.78, 5) is 22.8. The van der Waals surface area contributed by atoms with Crippen LogP contribution in [0.1, 0.15) is 39.0 Å². The van der Waals surface area contributed by atoms with E-state index in [4.69, 9.17) is 10.2 Å². The Morgan fingerprint density at radius 3 is 2.38 bits per heavy atom. The lowest BCUT2D eigenvalue weighted by Gasteiger charge is -2.30. The van der Waals surface area contributed by atoms with Gasteiger partial charge in [-0.15, -0.1) is 0 Å². The molecule has 0 spiro atoms. The highest BCUT2D eigenvalue weighted by Gasteiger charge is 2.38. The quantitative estimate of drug-likeness (QED) is 0.541. The molecule has 0 heterocycles. The minimum absolute atomic E-state index is 0.593. The van der Waals surface area contributed by atoms with Crippen LogP contribution < -0.4 is 0 Å². The summed E-state index contributed by atoms with van der Waals surface area (Å²) in [7, 11) is 0. The van der Waals surface area contributed by atoms with Crippen LogP contribution in [-0.4, -0.2) is 34.9 Å². The summed E-state index contributed by atoms with van der Waals surface area (Å²) in [6.07, 6.45) is 2.76. The van der Waals surface area contributed by atoms with Crippen LogP contribution in [0.15, 0.2) is 0 Å². The van der Waals surface area contributed by atoms with Crippen LogP contribution in [0.5, 0.6) is 0 Å². The molecule has 0 saturated heterocycles. The SMILES string of the molecule is CC1(C(=O)OC(=O)C(O)CO)CCCCC1. The predicted octanol–water partition coefficient (Wildman–Crippen LogP) is 0.380. The predicted molar refractivity (Wildman–Crippen MR) is 55.4 cm³/mol. The first-order valence-corrected chi connectivity index (χ1v) is 5.54. The van der Waals surface area contributed by atoms with Crippen molar-refractivity contribution in [1.82, 2.24) is 0 Å². The lowest BCUT2D eigenvalue weighted by molar-refractivity contribution is -0.174. The van der Waals surface area contributed by atoms with Gasteiger partial charge in [-0.25, -0.2) is 4.79 Å². The van der Waals surface area contributed by atoms with Gasteiger partial charge in [0.05, 0.1) is 12.0 Å². The van der Waals surface area contributed by atoms with Crippen LogP contribution in [-0.2, 0) is 14.3 Å². The van der Waals surface area contributed by atoms with E-state index in [1.54, 1.807) is 6.92 Å². The standard InChI is InChI=1S/C11H18O5/c1-11(5-3-2-4-6-11)10(15)16-9(14)8(13)7-12/h8,12-13H,2-7H2,1H3. The maximum absolute atomic E-state index is 11.7. The summed E-state index contributed by atoms with van der Waals surface area (Å²) in [5.41, 5.74) is -0.622. The Morgan fingerprint density at radius 2 is 1.88 bits per heavy atom. The van der Waals surface area contributed by atoms with E-state index in [-0.39, 0.29) is 0 Å². The molecule has 0 aliphatic heterocycles. The van der Waals surface area contributed by atoms with Gasteiger partial charge in [0.1, 0.15) is 0 Å². The van der Waals surface area contributed by atoms with Gasteiger partial charge >= 0.3 is 11.9 Å². The van der Waals surface area contributed by atoms with Gasteiger partial charge in [0.15, 0.2) is 6.10 Å². The molecule has 0 aromatic rings. The van der Waals surface area contributed by atoms with Gasteiger partial charge in [0.2, 0.25) is 0 Å². The van der Waals surface area contributed by atoms with Crippen LogP contribution in [0.4, 0.5) is 0 Å². The molecule has 0 bridgehead atoms. The van der Waals surface area contributed by atoms with E-state index < -0.39 is 30.1 Å². The fourth-order valence-electron chi connectivity index (χ4n) is 1.89. The monoisotopic (exact) mass is 230 g/mol. The summed E-state index contributed by atoms with van der Waals surface area (Å²) in [5, 5.41) is 17.5. The Morgan fingerprint density at radius 1 is 1.31 bits per heavy atom. The average Bonchev–Trinajstić information content (AvgIpc) is 2.28. The number of carbonyl (C=O) groups excluding carboxylic acids is 2. The highest BCUT2D eigenvalue weighted by molar-refractivity contribution is 5.90. The summed E-state index contributed by atoms with van der Waals surface area (Å²) in [6, 6.07) is 0. The van der Waals surface area contributed by atoms with Crippen molar-refractivity contribution in [2.75, 3.05) is 6.61 Å². The molecule has 92 valence electrons. The average molecular weight is 230 g/mol. The van der Waals surface area contributed by atoms with Crippen LogP contribution in [0, 0.1) is 5.41 Å². The van der Waals surface area contributed by atoms with Crippen molar-refractivity contribution in [3.63, 3.8) is 0 Å². The third-order valence-corrected chi connectivity index (χ3v) is 3.09. The summed E-state index contributed by atoms with van der Waals surface area (Å²) in [6.45, 7) is 1.04. The van der Waals surface area contributed by atoms with Gasteiger partial charge in [-0.1, -0.05) is 19.3 Å². The third kappa shape index (κ3) is 3.02. The van der Waals surface area contributed by atoms with Crippen LogP contribution in [0.3, 0.4) is 0 Å². The highest BCUT2D eigenvalue weighted by atomic mass is 16.6. The number of aliphatic hydroxyl groups is 2. The molecule has 0 aromatic heterocycles. The maximum atomic E-state index is 11.7. The smallest absolute Gasteiger partial charge is 0.345 e. The lowest BCUT2D eigenvalue weighted by atomic mass is 9.76. The molecule has 2 N–H and O–H groups in total. The van der Waals surface area contributed by atoms with Gasteiger partial charge in [-0.05, 0) is 19.8 Å². The molecule has 1 aliphatic carbocycles. The van der Waals surface area contributed by atoms with E-state index in [0.29, 0.717) is 12.8 Å². The van der Waals surface area contributed by atoms with Gasteiger partial charge in [-0.2, -0.15) is 0 Å². The summed E-state index contributed by atoms with van der Waals surface area (Å²) >= 11 is 0. The number of carbonyl (C=O) groups is 2. The molecule has 16 heavy (non-hydrogen) atoms. The van der Waals surface area contributed by atoms with E-state index in [1.165, 1.54) is 0 Å². The minimum Gasteiger partial charge on any atom is -0.393 e. The first kappa shape index (κ1) is 13.1. The second-order valence-corrected chi connectivity index (χ2v) is 4.53. The molecule has 5 heteroatoms. The van der Waals surface area contributed by atoms with Crippen molar-refractivity contribution >= 4 is 11.9 Å². The van der Waals surface area contributed by atoms with Gasteiger partial charge < -0.3 is 14.9 Å². The fraction of sp³-hybridized carbons (Fsp3) is 0.818. The van der Waals surface area contributed by atoms with E-state index in [2.05, 4.69) is 4.74 Å². The number of rotatable bonds is 3. The Kier molecular flexibility index (Phi) is 4.44. The van der Waals surface area contributed by atoms with E-state index in [0.717, 1.165) is 19.3 Å².